The van der Waals surface area contributed by atoms with Crippen LogP contribution in [0.4, 0.5) is 0 Å². The van der Waals surface area contributed by atoms with Gasteiger partial charge in [-0.15, -0.1) is 0 Å². The van der Waals surface area contributed by atoms with Crippen LogP contribution in [0.2, 0.25) is 0 Å². The number of phosphoric ester groups is 1. The molecule has 0 aliphatic carbocycles. The molecule has 0 fully saturated rings. The number of rotatable bonds is 44. The van der Waals surface area contributed by atoms with Crippen LogP contribution in [0.15, 0.2) is 24.3 Å². The number of likely N-dealkylation sites (N-methyl/N-ethyl adjacent to an activating group) is 1. The number of ether oxygens (including phenoxy) is 3. The summed E-state index contributed by atoms with van der Waals surface area (Å²) in [5.74, 6) is -0.754. The zero-order chi connectivity index (χ0) is 42.8. The molecule has 1 unspecified atom stereocenters. The molecule has 0 spiro atoms. The zero-order valence-electron chi connectivity index (χ0n) is 38.5. The first kappa shape index (κ1) is 56.5. The molecule has 0 aromatic rings. The summed E-state index contributed by atoms with van der Waals surface area (Å²) in [6.07, 6.45) is 39.5. The fourth-order valence-corrected chi connectivity index (χ4v) is 7.42. The SMILES string of the molecule is CCCCCCCC/C=C\CCCCCCCC(=O)OC[C@H](COP(=O)(OCCOC)OCC[N+](C)(C)C)OC(=O)CCCCCCC/C=C\CCCCCCCC. The van der Waals surface area contributed by atoms with Crippen LogP contribution >= 0.6 is 7.82 Å². The Morgan fingerprint density at radius 1 is 0.517 bits per heavy atom. The molecule has 342 valence electrons. The second-order valence-electron chi connectivity index (χ2n) is 16.9. The Balaban J connectivity index is 4.71. The van der Waals surface area contributed by atoms with E-state index < -0.39 is 19.9 Å². The zero-order valence-corrected chi connectivity index (χ0v) is 39.4. The fourth-order valence-electron chi connectivity index (χ4n) is 6.24. The Morgan fingerprint density at radius 2 is 0.931 bits per heavy atom. The monoisotopic (exact) mass is 845 g/mol. The second kappa shape index (κ2) is 40.8. The van der Waals surface area contributed by atoms with Crippen LogP contribution in [0.5, 0.6) is 0 Å². The first-order valence-corrected chi connectivity index (χ1v) is 25.0. The van der Waals surface area contributed by atoms with E-state index in [2.05, 4.69) is 38.2 Å². The average molecular weight is 845 g/mol. The molecule has 0 bridgehead atoms. The molecule has 0 aromatic heterocycles. The van der Waals surface area contributed by atoms with Crippen LogP contribution in [0, 0.1) is 0 Å². The largest absolute Gasteiger partial charge is 0.475 e. The number of hydrogen-bond acceptors (Lipinski definition) is 9. The van der Waals surface area contributed by atoms with Crippen LogP contribution in [-0.2, 0) is 41.9 Å². The van der Waals surface area contributed by atoms with E-state index >= 15 is 0 Å². The van der Waals surface area contributed by atoms with Crippen molar-refractivity contribution in [1.29, 1.82) is 0 Å². The van der Waals surface area contributed by atoms with E-state index in [0.29, 0.717) is 23.9 Å². The van der Waals surface area contributed by atoms with Crippen molar-refractivity contribution in [3.8, 4) is 0 Å². The number of methoxy groups -OCH3 is 1. The highest BCUT2D eigenvalue weighted by Gasteiger charge is 2.30. The van der Waals surface area contributed by atoms with Crippen molar-refractivity contribution in [1.82, 2.24) is 0 Å². The van der Waals surface area contributed by atoms with E-state index in [0.717, 1.165) is 64.2 Å². The van der Waals surface area contributed by atoms with Gasteiger partial charge in [0.05, 0.1) is 41.0 Å². The van der Waals surface area contributed by atoms with E-state index in [-0.39, 0.29) is 45.4 Å². The number of phosphoric acid groups is 1. The van der Waals surface area contributed by atoms with Gasteiger partial charge in [-0.3, -0.25) is 23.2 Å². The highest BCUT2D eigenvalue weighted by Crippen LogP contribution is 2.49. The smallest absolute Gasteiger partial charge is 0.462 e. The Morgan fingerprint density at radius 3 is 1.38 bits per heavy atom. The number of unbranched alkanes of at least 4 members (excludes halogenated alkanes) is 22. The Kier molecular flexibility index (Phi) is 39.7. The summed E-state index contributed by atoms with van der Waals surface area (Å²) in [6.45, 7) is 4.93. The Hall–Kier alpha value is -1.55. The maximum absolute atomic E-state index is 13.5. The van der Waals surface area contributed by atoms with Gasteiger partial charge in [0.25, 0.3) is 0 Å². The van der Waals surface area contributed by atoms with Gasteiger partial charge in [0.2, 0.25) is 0 Å². The molecule has 0 radical (unpaired) electrons. The highest BCUT2D eigenvalue weighted by atomic mass is 31.2. The summed E-state index contributed by atoms with van der Waals surface area (Å²) in [4.78, 5) is 25.6. The van der Waals surface area contributed by atoms with Crippen molar-refractivity contribution in [2.24, 2.45) is 0 Å². The van der Waals surface area contributed by atoms with Crippen LogP contribution in [0.1, 0.15) is 194 Å². The second-order valence-corrected chi connectivity index (χ2v) is 18.5. The van der Waals surface area contributed by atoms with Gasteiger partial charge in [-0.1, -0.05) is 141 Å². The predicted molar refractivity (Wildman–Crippen MR) is 240 cm³/mol. The lowest BCUT2D eigenvalue weighted by atomic mass is 10.1. The van der Waals surface area contributed by atoms with Gasteiger partial charge in [0.15, 0.2) is 6.10 Å². The molecule has 11 heteroatoms. The first-order valence-electron chi connectivity index (χ1n) is 23.5. The molecular weight excluding hydrogens is 753 g/mol. The van der Waals surface area contributed by atoms with Crippen molar-refractivity contribution in [2.45, 2.75) is 200 Å². The Labute approximate surface area is 357 Å². The highest BCUT2D eigenvalue weighted by molar-refractivity contribution is 7.48. The molecule has 10 nitrogen and oxygen atoms in total. The molecule has 0 N–H and O–H groups in total. The summed E-state index contributed by atoms with van der Waals surface area (Å²) < 4.78 is 47.2. The topological polar surface area (TPSA) is 107 Å². The lowest BCUT2D eigenvalue weighted by Gasteiger charge is -2.26. The van der Waals surface area contributed by atoms with Gasteiger partial charge in [-0.05, 0) is 64.2 Å². The maximum Gasteiger partial charge on any atom is 0.475 e. The third-order valence-corrected chi connectivity index (χ3v) is 11.4. The number of carbonyl (C=O) groups is 2. The normalized spacial score (nSPS) is 13.7. The first-order chi connectivity index (χ1) is 28.0. The summed E-state index contributed by atoms with van der Waals surface area (Å²) in [5.41, 5.74) is 0. The molecule has 0 aromatic carbocycles. The molecule has 0 saturated heterocycles. The van der Waals surface area contributed by atoms with Crippen molar-refractivity contribution in [3.05, 3.63) is 24.3 Å². The van der Waals surface area contributed by atoms with E-state index in [9.17, 15) is 14.2 Å². The summed E-state index contributed by atoms with van der Waals surface area (Å²) in [7, 11) is 3.50. The number of nitrogens with zero attached hydrogens (tertiary/aromatic N) is 1. The number of carbonyl (C=O) groups excluding carboxylic acids is 2. The summed E-state index contributed by atoms with van der Waals surface area (Å²) in [5, 5.41) is 0. The average Bonchev–Trinajstić information content (AvgIpc) is 3.18. The van der Waals surface area contributed by atoms with E-state index in [1.54, 1.807) is 0 Å². The molecule has 0 aliphatic heterocycles. The molecular formula is C47H91NO9P+. The third-order valence-electron chi connectivity index (χ3n) is 9.98. The molecule has 0 rings (SSSR count). The summed E-state index contributed by atoms with van der Waals surface area (Å²) in [6, 6.07) is 0. The number of esters is 2. The third kappa shape index (κ3) is 41.2. The maximum atomic E-state index is 13.5. The van der Waals surface area contributed by atoms with Gasteiger partial charge in [-0.25, -0.2) is 4.57 Å². The predicted octanol–water partition coefficient (Wildman–Crippen LogP) is 13.0. The van der Waals surface area contributed by atoms with E-state index in [4.69, 9.17) is 27.8 Å². The molecule has 0 heterocycles. The summed E-state index contributed by atoms with van der Waals surface area (Å²) >= 11 is 0. The van der Waals surface area contributed by atoms with Crippen molar-refractivity contribution < 1.29 is 46.4 Å². The number of allylic oxidation sites excluding steroid dienone is 4. The lowest BCUT2D eigenvalue weighted by molar-refractivity contribution is -0.870. The lowest BCUT2D eigenvalue weighted by Crippen LogP contribution is -2.37. The molecule has 2 atom stereocenters. The number of hydrogen-bond donors (Lipinski definition) is 0. The molecule has 0 amide bonds. The minimum atomic E-state index is -4.01. The minimum Gasteiger partial charge on any atom is -0.462 e. The van der Waals surface area contributed by atoms with Crippen LogP contribution < -0.4 is 0 Å². The van der Waals surface area contributed by atoms with Gasteiger partial charge >= 0.3 is 19.8 Å². The van der Waals surface area contributed by atoms with Crippen LogP contribution in [0.3, 0.4) is 0 Å². The van der Waals surface area contributed by atoms with Gasteiger partial charge in [0, 0.05) is 20.0 Å². The quantitative estimate of drug-likeness (QED) is 0.0195. The van der Waals surface area contributed by atoms with E-state index in [1.807, 2.05) is 21.1 Å². The van der Waals surface area contributed by atoms with Crippen molar-refractivity contribution >= 4 is 19.8 Å². The van der Waals surface area contributed by atoms with E-state index in [1.165, 1.54) is 103 Å². The number of quaternary nitrogens is 1. The standard InChI is InChI=1S/C47H91NO9P/c1-7-9-11-13-15-17-19-21-23-25-27-29-31-33-35-37-46(49)53-43-45(44-56-58(51,55-42-41-52-6)54-40-39-48(3,4)5)57-47(50)38-36-34-32-30-28-26-24-22-20-18-16-14-12-10-8-2/h21-24,45H,7-20,25-44H2,1-6H3/q+1/b23-21-,24-22-/t45-,58?/m1/s1. The van der Waals surface area contributed by atoms with Gasteiger partial charge in [0.1, 0.15) is 19.8 Å². The van der Waals surface area contributed by atoms with Gasteiger partial charge in [-0.2, -0.15) is 0 Å². The molecule has 0 aliphatic rings. The minimum absolute atomic E-state index is 0.00300. The Bertz CT molecular complexity index is 1050. The van der Waals surface area contributed by atoms with Gasteiger partial charge < -0.3 is 18.7 Å². The molecule has 58 heavy (non-hydrogen) atoms. The van der Waals surface area contributed by atoms with Crippen molar-refractivity contribution in [2.75, 3.05) is 67.8 Å². The molecule has 0 saturated carbocycles. The van der Waals surface area contributed by atoms with Crippen molar-refractivity contribution in [3.63, 3.8) is 0 Å². The van der Waals surface area contributed by atoms with Crippen LogP contribution in [-0.4, -0.2) is 90.4 Å². The van der Waals surface area contributed by atoms with Crippen LogP contribution in [0.25, 0.3) is 0 Å². The fraction of sp³-hybridized carbons (Fsp3) is 0.872.